The summed E-state index contributed by atoms with van der Waals surface area (Å²) in [5.74, 6) is -0.735. The maximum absolute atomic E-state index is 12.9. The van der Waals surface area contributed by atoms with Crippen LogP contribution in [0, 0.1) is 13.8 Å². The van der Waals surface area contributed by atoms with Crippen molar-refractivity contribution in [2.24, 2.45) is 5.10 Å². The van der Waals surface area contributed by atoms with Gasteiger partial charge in [-0.3, -0.25) is 14.5 Å². The monoisotopic (exact) mass is 562 g/mol. The van der Waals surface area contributed by atoms with E-state index in [9.17, 15) is 14.7 Å². The Kier molecular flexibility index (Phi) is 8.87. The van der Waals surface area contributed by atoms with Crippen LogP contribution in [0.3, 0.4) is 0 Å². The number of hydrazone groups is 1. The molecule has 0 unspecified atom stereocenters. The number of aliphatic hydroxyl groups excluding tert-OH is 1. The van der Waals surface area contributed by atoms with E-state index in [0.717, 1.165) is 49.2 Å². The first-order valence-corrected chi connectivity index (χ1v) is 13.1. The van der Waals surface area contributed by atoms with Crippen molar-refractivity contribution in [1.82, 2.24) is 10.3 Å². The Balaban J connectivity index is 1.40. The van der Waals surface area contributed by atoms with Crippen molar-refractivity contribution in [2.75, 3.05) is 18.4 Å². The third-order valence-electron chi connectivity index (χ3n) is 6.56. The predicted octanol–water partition coefficient (Wildman–Crippen LogP) is 5.04. The summed E-state index contributed by atoms with van der Waals surface area (Å²) in [7, 11) is 0. The number of piperidine rings is 1. The number of hydrogen-bond acceptors (Lipinski definition) is 5. The quantitative estimate of drug-likeness (QED) is 0.278. The van der Waals surface area contributed by atoms with Gasteiger partial charge in [-0.15, -0.1) is 0 Å². The van der Waals surface area contributed by atoms with Gasteiger partial charge in [0.25, 0.3) is 11.8 Å². The van der Waals surface area contributed by atoms with Crippen LogP contribution < -0.4 is 10.7 Å². The van der Waals surface area contributed by atoms with Gasteiger partial charge in [-0.1, -0.05) is 46.3 Å². The molecule has 8 heteroatoms. The van der Waals surface area contributed by atoms with Gasteiger partial charge in [-0.05, 0) is 79.3 Å². The molecule has 1 aliphatic heterocycles. The van der Waals surface area contributed by atoms with Crippen molar-refractivity contribution in [3.8, 4) is 0 Å². The number of halogens is 1. The van der Waals surface area contributed by atoms with Crippen molar-refractivity contribution in [2.45, 2.75) is 39.3 Å². The zero-order valence-electron chi connectivity index (χ0n) is 21.0. The minimum absolute atomic E-state index is 0.197. The largest absolute Gasteiger partial charge is 0.393 e. The van der Waals surface area contributed by atoms with Crippen LogP contribution in [0.15, 0.2) is 70.2 Å². The number of carbonyl (C=O) groups is 2. The lowest BCUT2D eigenvalue weighted by atomic mass is 10.1. The standard InChI is InChI=1S/C29H31BrN4O3/c1-19-3-4-22(15-20(19)2)17-31-33-29(37)26-16-24(30)9-10-27(26)32-28(36)23-7-5-21(6-8-23)18-34-13-11-25(35)12-14-34/h3-10,15-17,25,35H,11-14,18H2,1-2H3,(H,32,36)(H,33,37). The van der Waals surface area contributed by atoms with Crippen molar-refractivity contribution < 1.29 is 14.7 Å². The average Bonchev–Trinajstić information content (AvgIpc) is 2.89. The highest BCUT2D eigenvalue weighted by Gasteiger charge is 2.18. The van der Waals surface area contributed by atoms with E-state index in [1.807, 2.05) is 44.2 Å². The Bertz CT molecular complexity index is 1300. The lowest BCUT2D eigenvalue weighted by molar-refractivity contribution is 0.0792. The van der Waals surface area contributed by atoms with Gasteiger partial charge in [-0.2, -0.15) is 5.10 Å². The molecule has 1 heterocycles. The van der Waals surface area contributed by atoms with Crippen molar-refractivity contribution in [3.63, 3.8) is 0 Å². The topological polar surface area (TPSA) is 94.0 Å². The second-order valence-electron chi connectivity index (χ2n) is 9.39. The van der Waals surface area contributed by atoms with Gasteiger partial charge in [0.15, 0.2) is 0 Å². The molecule has 1 saturated heterocycles. The van der Waals surface area contributed by atoms with Crippen LogP contribution >= 0.6 is 15.9 Å². The van der Waals surface area contributed by atoms with Crippen molar-refractivity contribution in [1.29, 1.82) is 0 Å². The second-order valence-corrected chi connectivity index (χ2v) is 10.3. The minimum atomic E-state index is -0.432. The summed E-state index contributed by atoms with van der Waals surface area (Å²) in [5.41, 5.74) is 8.06. The number of amides is 2. The number of carbonyl (C=O) groups excluding carboxylic acids is 2. The van der Waals surface area contributed by atoms with E-state index in [2.05, 4.69) is 36.7 Å². The van der Waals surface area contributed by atoms with Gasteiger partial charge >= 0.3 is 0 Å². The Morgan fingerprint density at radius 2 is 1.73 bits per heavy atom. The molecule has 0 saturated carbocycles. The number of aliphatic hydroxyl groups is 1. The molecule has 0 atom stereocenters. The number of benzene rings is 3. The van der Waals surface area contributed by atoms with E-state index < -0.39 is 5.91 Å². The average molecular weight is 563 g/mol. The molecule has 0 bridgehead atoms. The van der Waals surface area contributed by atoms with Gasteiger partial charge in [0.05, 0.1) is 23.6 Å². The summed E-state index contributed by atoms with van der Waals surface area (Å²) < 4.78 is 0.711. The Morgan fingerprint density at radius 3 is 2.43 bits per heavy atom. The number of nitrogens with zero attached hydrogens (tertiary/aromatic N) is 2. The third-order valence-corrected chi connectivity index (χ3v) is 7.06. The number of hydrogen-bond donors (Lipinski definition) is 3. The first-order valence-electron chi connectivity index (χ1n) is 12.3. The number of likely N-dealkylation sites (tertiary alicyclic amines) is 1. The second kappa shape index (κ2) is 12.3. The summed E-state index contributed by atoms with van der Waals surface area (Å²) in [5, 5.41) is 16.6. The lowest BCUT2D eigenvalue weighted by Crippen LogP contribution is -2.35. The van der Waals surface area contributed by atoms with Crippen LogP contribution in [0.5, 0.6) is 0 Å². The van der Waals surface area contributed by atoms with E-state index in [1.54, 1.807) is 36.5 Å². The molecule has 2 amide bonds. The molecule has 3 aromatic rings. The van der Waals surface area contributed by atoms with Crippen LogP contribution in [0.2, 0.25) is 0 Å². The van der Waals surface area contributed by atoms with E-state index in [0.29, 0.717) is 21.3 Å². The van der Waals surface area contributed by atoms with E-state index in [1.165, 1.54) is 5.56 Å². The van der Waals surface area contributed by atoms with Gasteiger partial charge in [0.2, 0.25) is 0 Å². The molecular weight excluding hydrogens is 532 g/mol. The highest BCUT2D eigenvalue weighted by Crippen LogP contribution is 2.22. The maximum atomic E-state index is 12.9. The van der Waals surface area contributed by atoms with Gasteiger partial charge in [0.1, 0.15) is 0 Å². The molecule has 0 aromatic heterocycles. The smallest absolute Gasteiger partial charge is 0.273 e. The molecular formula is C29H31BrN4O3. The maximum Gasteiger partial charge on any atom is 0.273 e. The molecule has 0 spiro atoms. The number of aryl methyl sites for hydroxylation is 2. The predicted molar refractivity (Wildman–Crippen MR) is 150 cm³/mol. The fourth-order valence-electron chi connectivity index (χ4n) is 4.18. The number of anilines is 1. The summed E-state index contributed by atoms with van der Waals surface area (Å²) in [6, 6.07) is 18.5. The lowest BCUT2D eigenvalue weighted by Gasteiger charge is -2.29. The highest BCUT2D eigenvalue weighted by atomic mass is 79.9. The van der Waals surface area contributed by atoms with Crippen LogP contribution in [0.1, 0.15) is 55.8 Å². The molecule has 192 valence electrons. The highest BCUT2D eigenvalue weighted by molar-refractivity contribution is 9.10. The molecule has 3 aromatic carbocycles. The molecule has 1 fully saturated rings. The zero-order valence-corrected chi connectivity index (χ0v) is 22.6. The molecule has 1 aliphatic rings. The van der Waals surface area contributed by atoms with Crippen molar-refractivity contribution >= 4 is 39.6 Å². The molecule has 0 radical (unpaired) electrons. The Morgan fingerprint density at radius 1 is 1.00 bits per heavy atom. The first-order chi connectivity index (χ1) is 17.8. The van der Waals surface area contributed by atoms with E-state index in [-0.39, 0.29) is 12.0 Å². The summed E-state index contributed by atoms with van der Waals surface area (Å²) in [6.45, 7) is 6.58. The molecule has 7 nitrogen and oxygen atoms in total. The van der Waals surface area contributed by atoms with Gasteiger partial charge in [0, 0.05) is 29.7 Å². The van der Waals surface area contributed by atoms with Gasteiger partial charge in [-0.25, -0.2) is 5.43 Å². The zero-order chi connectivity index (χ0) is 26.4. The summed E-state index contributed by atoms with van der Waals surface area (Å²) in [4.78, 5) is 28.1. The fraction of sp³-hybridized carbons (Fsp3) is 0.276. The minimum Gasteiger partial charge on any atom is -0.393 e. The molecule has 4 rings (SSSR count). The van der Waals surface area contributed by atoms with Crippen LogP contribution in [-0.4, -0.2) is 47.2 Å². The summed E-state index contributed by atoms with van der Waals surface area (Å²) >= 11 is 3.40. The van der Waals surface area contributed by atoms with Crippen molar-refractivity contribution in [3.05, 3.63) is 98.5 Å². The number of nitrogens with one attached hydrogen (secondary N) is 2. The molecule has 0 aliphatic carbocycles. The Labute approximate surface area is 225 Å². The Hall–Kier alpha value is -3.33. The normalized spacial score (nSPS) is 14.6. The van der Waals surface area contributed by atoms with E-state index in [4.69, 9.17) is 0 Å². The summed E-state index contributed by atoms with van der Waals surface area (Å²) in [6.07, 6.45) is 2.98. The molecule has 37 heavy (non-hydrogen) atoms. The SMILES string of the molecule is Cc1ccc(C=NNC(=O)c2cc(Br)ccc2NC(=O)c2ccc(CN3CCC(O)CC3)cc2)cc1C. The third kappa shape index (κ3) is 7.35. The van der Waals surface area contributed by atoms with Crippen LogP contribution in [0.25, 0.3) is 0 Å². The molecule has 3 N–H and O–H groups in total. The van der Waals surface area contributed by atoms with E-state index >= 15 is 0 Å². The van der Waals surface area contributed by atoms with Crippen LogP contribution in [0.4, 0.5) is 5.69 Å². The fourth-order valence-corrected chi connectivity index (χ4v) is 4.54. The first kappa shape index (κ1) is 26.7. The van der Waals surface area contributed by atoms with Gasteiger partial charge < -0.3 is 10.4 Å². The van der Waals surface area contributed by atoms with Crippen LogP contribution in [-0.2, 0) is 6.54 Å². The number of rotatable bonds is 7.